The number of carbonyl (C=O) groups excluding carboxylic acids is 2. The smallest absolute Gasteiger partial charge is 0.280 e. The van der Waals surface area contributed by atoms with Crippen molar-refractivity contribution in [3.63, 3.8) is 0 Å². The molecule has 0 unspecified atom stereocenters. The monoisotopic (exact) mass is 628 g/mol. The second-order valence-corrected chi connectivity index (χ2v) is 9.69. The normalized spacial score (nSPS) is 14.3. The third-order valence-electron chi connectivity index (χ3n) is 6.35. The molecular weight excluding hydrogens is 588 g/mol. The minimum absolute atomic E-state index is 0. The SMILES string of the molecule is C.C.COCO[C@@H](C)C(=O)c1cnc2nc(N)nc(OC3CCCCC3)c2n1.C[C@H](O)C(=O)c1cnc2nc(N)[nH]c(=O)c2n1. The Kier molecular flexibility index (Phi) is 13.3. The van der Waals surface area contributed by atoms with E-state index in [1.807, 2.05) is 0 Å². The number of hydrogen-bond acceptors (Lipinski definition) is 16. The first kappa shape index (κ1) is 36.5. The van der Waals surface area contributed by atoms with E-state index in [4.69, 9.17) is 30.8 Å². The Balaban J connectivity index is 0.000000325. The summed E-state index contributed by atoms with van der Waals surface area (Å²) >= 11 is 0. The first-order valence-corrected chi connectivity index (χ1v) is 13.4. The summed E-state index contributed by atoms with van der Waals surface area (Å²) in [7, 11) is 1.49. The highest BCUT2D eigenvalue weighted by atomic mass is 16.7. The van der Waals surface area contributed by atoms with Gasteiger partial charge in [0.15, 0.2) is 22.3 Å². The van der Waals surface area contributed by atoms with E-state index in [1.165, 1.54) is 26.7 Å². The number of rotatable bonds is 9. The number of aliphatic hydroxyl groups is 1. The van der Waals surface area contributed by atoms with Crippen LogP contribution in [0.25, 0.3) is 22.3 Å². The third-order valence-corrected chi connectivity index (χ3v) is 6.35. The summed E-state index contributed by atoms with van der Waals surface area (Å²) in [6.07, 6.45) is 6.01. The number of hydrogen-bond donors (Lipinski definition) is 4. The number of ketones is 2. The van der Waals surface area contributed by atoms with Crippen molar-refractivity contribution >= 4 is 45.8 Å². The van der Waals surface area contributed by atoms with Crippen LogP contribution in [0, 0.1) is 0 Å². The average Bonchev–Trinajstić information content (AvgIpc) is 2.99. The number of aromatic amines is 1. The number of nitrogen functional groups attached to an aromatic ring is 2. The summed E-state index contributed by atoms with van der Waals surface area (Å²) in [4.78, 5) is 65.8. The molecule has 45 heavy (non-hydrogen) atoms. The van der Waals surface area contributed by atoms with E-state index in [0.717, 1.165) is 31.9 Å². The molecule has 2 atom stereocenters. The van der Waals surface area contributed by atoms with Crippen LogP contribution >= 0.6 is 0 Å². The molecule has 1 aliphatic rings. The minimum atomic E-state index is -1.21. The predicted molar refractivity (Wildman–Crippen MR) is 166 cm³/mol. The van der Waals surface area contributed by atoms with Crippen LogP contribution in [0.3, 0.4) is 0 Å². The van der Waals surface area contributed by atoms with Crippen LogP contribution in [0.4, 0.5) is 11.9 Å². The minimum Gasteiger partial charge on any atom is -0.473 e. The van der Waals surface area contributed by atoms with E-state index in [0.29, 0.717) is 11.2 Å². The van der Waals surface area contributed by atoms with Gasteiger partial charge in [0.05, 0.1) is 12.4 Å². The van der Waals surface area contributed by atoms with Crippen LogP contribution in [0.5, 0.6) is 5.88 Å². The number of nitrogens with one attached hydrogen (secondary N) is 1. The van der Waals surface area contributed by atoms with Crippen molar-refractivity contribution in [1.82, 2.24) is 39.9 Å². The number of carbonyl (C=O) groups is 2. The third kappa shape index (κ3) is 9.13. The number of methoxy groups -OCH3 is 1. The summed E-state index contributed by atoms with van der Waals surface area (Å²) in [5, 5.41) is 9.12. The molecule has 0 aliphatic heterocycles. The van der Waals surface area contributed by atoms with Crippen molar-refractivity contribution in [1.29, 1.82) is 0 Å². The molecule has 6 N–H and O–H groups in total. The van der Waals surface area contributed by atoms with Gasteiger partial charge in [-0.15, -0.1) is 0 Å². The molecule has 0 aromatic carbocycles. The van der Waals surface area contributed by atoms with Gasteiger partial charge in [0.2, 0.25) is 29.3 Å². The van der Waals surface area contributed by atoms with E-state index < -0.39 is 23.6 Å². The number of fused-ring (bicyclic) bond motifs is 2. The van der Waals surface area contributed by atoms with E-state index >= 15 is 0 Å². The Morgan fingerprint density at radius 2 is 1.53 bits per heavy atom. The molecule has 17 heteroatoms. The molecule has 4 aromatic heterocycles. The van der Waals surface area contributed by atoms with Crippen LogP contribution in [-0.4, -0.2) is 88.8 Å². The van der Waals surface area contributed by atoms with Crippen molar-refractivity contribution in [2.45, 2.75) is 79.1 Å². The lowest BCUT2D eigenvalue weighted by Gasteiger charge is -2.22. The highest BCUT2D eigenvalue weighted by Gasteiger charge is 2.23. The fraction of sp³-hybridized carbons (Fsp3) is 0.500. The van der Waals surface area contributed by atoms with Crippen LogP contribution < -0.4 is 21.8 Å². The first-order valence-electron chi connectivity index (χ1n) is 13.4. The summed E-state index contributed by atoms with van der Waals surface area (Å²) in [5.74, 6) is -0.667. The number of anilines is 2. The van der Waals surface area contributed by atoms with E-state index in [2.05, 4.69) is 39.9 Å². The zero-order chi connectivity index (χ0) is 31.1. The fourth-order valence-electron chi connectivity index (χ4n) is 4.16. The van der Waals surface area contributed by atoms with Crippen LogP contribution in [0.2, 0.25) is 0 Å². The molecule has 0 radical (unpaired) electrons. The van der Waals surface area contributed by atoms with Gasteiger partial charge in [-0.3, -0.25) is 19.4 Å². The van der Waals surface area contributed by atoms with Gasteiger partial charge in [-0.2, -0.15) is 15.0 Å². The highest BCUT2D eigenvalue weighted by molar-refractivity contribution is 5.99. The molecule has 0 bridgehead atoms. The second kappa shape index (κ2) is 16.4. The van der Waals surface area contributed by atoms with Crippen molar-refractivity contribution < 1.29 is 28.9 Å². The van der Waals surface area contributed by atoms with E-state index in [-0.39, 0.29) is 73.9 Å². The lowest BCUT2D eigenvalue weighted by atomic mass is 9.98. The summed E-state index contributed by atoms with van der Waals surface area (Å²) < 4.78 is 16.1. The molecule has 4 heterocycles. The number of ether oxygens (including phenoxy) is 3. The average molecular weight is 629 g/mol. The van der Waals surface area contributed by atoms with Gasteiger partial charge in [-0.1, -0.05) is 21.3 Å². The molecule has 0 saturated heterocycles. The molecule has 0 amide bonds. The van der Waals surface area contributed by atoms with Crippen LogP contribution in [-0.2, 0) is 9.47 Å². The zero-order valence-corrected chi connectivity index (χ0v) is 23.8. The second-order valence-electron chi connectivity index (χ2n) is 9.69. The Hall–Kier alpha value is -4.74. The quantitative estimate of drug-likeness (QED) is 0.153. The molecule has 17 nitrogen and oxygen atoms in total. The fourth-order valence-corrected chi connectivity index (χ4v) is 4.16. The summed E-state index contributed by atoms with van der Waals surface area (Å²) in [6, 6.07) is 0. The first-order chi connectivity index (χ1) is 20.6. The van der Waals surface area contributed by atoms with E-state index in [1.54, 1.807) is 6.92 Å². The highest BCUT2D eigenvalue weighted by Crippen LogP contribution is 2.26. The van der Waals surface area contributed by atoms with Gasteiger partial charge in [-0.05, 0) is 39.5 Å². The maximum Gasteiger partial charge on any atom is 0.280 e. The number of aromatic nitrogens is 8. The molecular formula is C28H40N10O7. The maximum absolute atomic E-state index is 12.5. The lowest BCUT2D eigenvalue weighted by Crippen LogP contribution is -2.24. The van der Waals surface area contributed by atoms with Crippen molar-refractivity contribution in [3.8, 4) is 5.88 Å². The van der Waals surface area contributed by atoms with Crippen molar-refractivity contribution in [3.05, 3.63) is 34.1 Å². The molecule has 0 spiro atoms. The molecule has 1 aliphatic carbocycles. The van der Waals surface area contributed by atoms with Gasteiger partial charge in [0, 0.05) is 7.11 Å². The number of nitrogens with zero attached hydrogens (tertiary/aromatic N) is 7. The van der Waals surface area contributed by atoms with Gasteiger partial charge in [0.25, 0.3) is 5.56 Å². The lowest BCUT2D eigenvalue weighted by molar-refractivity contribution is -0.0542. The number of Topliss-reactive ketones (excluding diaryl/α,β-unsaturated/α-hetero) is 2. The molecule has 1 saturated carbocycles. The predicted octanol–water partition coefficient (Wildman–Crippen LogP) is 2.04. The van der Waals surface area contributed by atoms with Crippen LogP contribution in [0.15, 0.2) is 17.2 Å². The number of H-pyrrole nitrogens is 1. The van der Waals surface area contributed by atoms with Gasteiger partial charge in [-0.25, -0.2) is 19.9 Å². The number of aliphatic hydroxyl groups excluding tert-OH is 1. The molecule has 5 rings (SSSR count). The summed E-state index contributed by atoms with van der Waals surface area (Å²) in [5.41, 5.74) is 11.2. The Morgan fingerprint density at radius 1 is 0.933 bits per heavy atom. The largest absolute Gasteiger partial charge is 0.473 e. The van der Waals surface area contributed by atoms with E-state index in [9.17, 15) is 14.4 Å². The standard InChI is InChI=1S/C17H23N5O4.C9H9N5O3.2CH4/c1-10(25-9-24-2)14(23)12-8-19-15-13(20-12)16(22-17(18)21-15)26-11-6-4-3-5-7-11;1-3(15)6(16)4-2-11-7-5(12-4)8(17)14-9(10)13-7;;/h8,10-11H,3-7,9H2,1-2H3,(H2,18,19,21,22);2-3,15H,1H3,(H3,10,11,13,14,17);2*1H4/t10-;3-;;/m00../s1. The van der Waals surface area contributed by atoms with Crippen LogP contribution in [0.1, 0.15) is 81.8 Å². The van der Waals surface area contributed by atoms with Crippen molar-refractivity contribution in [2.24, 2.45) is 0 Å². The van der Waals surface area contributed by atoms with Gasteiger partial charge in [0.1, 0.15) is 36.5 Å². The Morgan fingerprint density at radius 3 is 2.16 bits per heavy atom. The maximum atomic E-state index is 12.5. The summed E-state index contributed by atoms with van der Waals surface area (Å²) in [6.45, 7) is 2.95. The van der Waals surface area contributed by atoms with Gasteiger partial charge < -0.3 is 30.8 Å². The Labute approximate surface area is 259 Å². The Bertz CT molecular complexity index is 1680. The molecule has 4 aromatic rings. The molecule has 244 valence electrons. The topological polar surface area (TPSA) is 257 Å². The van der Waals surface area contributed by atoms with Crippen molar-refractivity contribution in [2.75, 3.05) is 25.4 Å². The molecule has 1 fully saturated rings. The van der Waals surface area contributed by atoms with Gasteiger partial charge >= 0.3 is 0 Å². The number of nitrogens with two attached hydrogens (primary N) is 2. The zero-order valence-electron chi connectivity index (χ0n) is 23.8.